The molecule has 190 valence electrons. The van der Waals surface area contributed by atoms with Gasteiger partial charge in [-0.3, -0.25) is 9.59 Å². The third-order valence-electron chi connectivity index (χ3n) is 6.28. The normalized spacial score (nSPS) is 12.6. The van der Waals surface area contributed by atoms with Crippen LogP contribution >= 0.6 is 27.7 Å². The smallest absolute Gasteiger partial charge is 0.243 e. The molecule has 0 radical (unpaired) electrons. The number of hydrogen-bond donors (Lipinski definition) is 1. The van der Waals surface area contributed by atoms with Crippen LogP contribution in [0.15, 0.2) is 83.3 Å². The maximum Gasteiger partial charge on any atom is 0.243 e. The Kier molecular flexibility index (Phi) is 11.1. The fraction of sp³-hybridized carbons (Fsp3) is 0.333. The van der Waals surface area contributed by atoms with Crippen molar-refractivity contribution in [2.45, 2.75) is 58.0 Å². The monoisotopic (exact) mass is 566 g/mol. The van der Waals surface area contributed by atoms with E-state index in [2.05, 4.69) is 33.4 Å². The molecule has 0 aliphatic heterocycles. The highest BCUT2D eigenvalue weighted by molar-refractivity contribution is 9.10. The first-order valence-electron chi connectivity index (χ1n) is 12.4. The summed E-state index contributed by atoms with van der Waals surface area (Å²) in [6, 6.07) is 25.6. The molecule has 0 fully saturated rings. The van der Waals surface area contributed by atoms with E-state index in [-0.39, 0.29) is 17.9 Å². The van der Waals surface area contributed by atoms with Crippen LogP contribution in [0.4, 0.5) is 0 Å². The predicted molar refractivity (Wildman–Crippen MR) is 154 cm³/mol. The second-order valence-corrected chi connectivity index (χ2v) is 11.0. The highest BCUT2D eigenvalue weighted by atomic mass is 79.9. The zero-order valence-electron chi connectivity index (χ0n) is 21.2. The van der Waals surface area contributed by atoms with Crippen molar-refractivity contribution in [2.75, 3.05) is 5.75 Å². The van der Waals surface area contributed by atoms with Crippen molar-refractivity contribution < 1.29 is 9.59 Å². The van der Waals surface area contributed by atoms with Gasteiger partial charge in [0.05, 0.1) is 5.75 Å². The Morgan fingerprint density at radius 3 is 2.28 bits per heavy atom. The number of thioether (sulfide) groups is 1. The molecule has 2 unspecified atom stereocenters. The van der Waals surface area contributed by atoms with Gasteiger partial charge in [-0.25, -0.2) is 0 Å². The van der Waals surface area contributed by atoms with Crippen LogP contribution in [0.2, 0.25) is 0 Å². The molecule has 3 aromatic rings. The van der Waals surface area contributed by atoms with Crippen LogP contribution in [0.25, 0.3) is 0 Å². The fourth-order valence-electron chi connectivity index (χ4n) is 3.89. The molecule has 1 N–H and O–H groups in total. The van der Waals surface area contributed by atoms with Crippen LogP contribution in [-0.4, -0.2) is 34.6 Å². The van der Waals surface area contributed by atoms with E-state index in [0.717, 1.165) is 38.9 Å². The van der Waals surface area contributed by atoms with E-state index in [1.807, 2.05) is 87.5 Å². The Bertz CT molecular complexity index is 1120. The highest BCUT2D eigenvalue weighted by Crippen LogP contribution is 2.21. The molecule has 0 saturated carbocycles. The largest absolute Gasteiger partial charge is 0.352 e. The van der Waals surface area contributed by atoms with E-state index >= 15 is 0 Å². The molecule has 6 heteroatoms. The van der Waals surface area contributed by atoms with Crippen molar-refractivity contribution >= 4 is 39.5 Å². The van der Waals surface area contributed by atoms with E-state index in [0.29, 0.717) is 18.7 Å². The summed E-state index contributed by atoms with van der Waals surface area (Å²) in [5, 5.41) is 3.13. The zero-order valence-corrected chi connectivity index (χ0v) is 23.6. The van der Waals surface area contributed by atoms with Crippen LogP contribution in [0.1, 0.15) is 42.5 Å². The van der Waals surface area contributed by atoms with E-state index in [4.69, 9.17) is 0 Å². The van der Waals surface area contributed by atoms with Gasteiger partial charge in [0.2, 0.25) is 11.8 Å². The number of nitrogens with one attached hydrogen (secondary N) is 1. The first-order chi connectivity index (χ1) is 17.4. The molecular formula is C30H35BrN2O2S. The molecule has 2 amide bonds. The second-order valence-electron chi connectivity index (χ2n) is 9.09. The number of rotatable bonds is 12. The van der Waals surface area contributed by atoms with Crippen LogP contribution in [0, 0.1) is 6.92 Å². The van der Waals surface area contributed by atoms with Crippen LogP contribution < -0.4 is 5.32 Å². The molecule has 4 nitrogen and oxygen atoms in total. The third-order valence-corrected chi connectivity index (χ3v) is 7.80. The van der Waals surface area contributed by atoms with Crippen LogP contribution in [0.5, 0.6) is 0 Å². The summed E-state index contributed by atoms with van der Waals surface area (Å²) < 4.78 is 1.04. The average Bonchev–Trinajstić information content (AvgIpc) is 2.88. The van der Waals surface area contributed by atoms with E-state index in [1.54, 1.807) is 16.7 Å². The average molecular weight is 568 g/mol. The number of carbonyl (C=O) groups is 2. The lowest BCUT2D eigenvalue weighted by Crippen LogP contribution is -2.52. The summed E-state index contributed by atoms with van der Waals surface area (Å²) >= 11 is 5.05. The maximum atomic E-state index is 13.7. The van der Waals surface area contributed by atoms with Gasteiger partial charge in [-0.2, -0.15) is 0 Å². The summed E-state index contributed by atoms with van der Waals surface area (Å²) in [6.45, 7) is 6.49. The number of halogens is 1. The molecule has 0 bridgehead atoms. The second kappa shape index (κ2) is 14.2. The topological polar surface area (TPSA) is 49.4 Å². The summed E-state index contributed by atoms with van der Waals surface area (Å²) in [7, 11) is 0. The molecule has 0 heterocycles. The standard InChI is InChI=1S/C30H35BrN2O2S/c1-4-23(3)32-30(35)28(18-24-11-6-5-7-12-24)33(19-26-13-9-8-10-22(26)2)29(34)21-36-20-25-14-16-27(31)17-15-25/h5-17,23,28H,4,18-21H2,1-3H3,(H,32,35). The number of carbonyl (C=O) groups excluding carboxylic acids is 2. The van der Waals surface area contributed by atoms with E-state index in [9.17, 15) is 9.59 Å². The minimum atomic E-state index is -0.596. The molecular weight excluding hydrogens is 532 g/mol. The quantitative estimate of drug-likeness (QED) is 0.270. The van der Waals surface area contributed by atoms with Crippen molar-refractivity contribution in [1.29, 1.82) is 0 Å². The van der Waals surface area contributed by atoms with Gasteiger partial charge in [0.25, 0.3) is 0 Å². The minimum Gasteiger partial charge on any atom is -0.352 e. The predicted octanol–water partition coefficient (Wildman–Crippen LogP) is 6.55. The van der Waals surface area contributed by atoms with Gasteiger partial charge >= 0.3 is 0 Å². The molecule has 2 atom stereocenters. The van der Waals surface area contributed by atoms with Crippen LogP contribution in [0.3, 0.4) is 0 Å². The Morgan fingerprint density at radius 1 is 0.944 bits per heavy atom. The van der Waals surface area contributed by atoms with Gasteiger partial charge < -0.3 is 10.2 Å². The molecule has 0 aliphatic rings. The van der Waals surface area contributed by atoms with E-state index < -0.39 is 6.04 Å². The van der Waals surface area contributed by atoms with E-state index in [1.165, 1.54) is 0 Å². The highest BCUT2D eigenvalue weighted by Gasteiger charge is 2.31. The van der Waals surface area contributed by atoms with Gasteiger partial charge in [-0.15, -0.1) is 11.8 Å². The van der Waals surface area contributed by atoms with Crippen molar-refractivity contribution in [2.24, 2.45) is 0 Å². The molecule has 0 aliphatic carbocycles. The first kappa shape index (κ1) is 28.0. The third kappa shape index (κ3) is 8.52. The Hall–Kier alpha value is -2.57. The molecule has 0 aromatic heterocycles. The molecule has 0 saturated heterocycles. The van der Waals surface area contributed by atoms with Gasteiger partial charge in [0.1, 0.15) is 6.04 Å². The molecule has 3 aromatic carbocycles. The lowest BCUT2D eigenvalue weighted by atomic mass is 10.0. The first-order valence-corrected chi connectivity index (χ1v) is 14.3. The van der Waals surface area contributed by atoms with Gasteiger partial charge in [0, 0.05) is 29.2 Å². The number of benzene rings is 3. The van der Waals surface area contributed by atoms with Crippen molar-refractivity contribution in [3.05, 3.63) is 106 Å². The Labute approximate surface area is 228 Å². The number of aryl methyl sites for hydroxylation is 1. The van der Waals surface area contributed by atoms with Crippen molar-refractivity contribution in [3.63, 3.8) is 0 Å². The molecule has 0 spiro atoms. The summed E-state index contributed by atoms with van der Waals surface area (Å²) in [4.78, 5) is 29.0. The minimum absolute atomic E-state index is 0.0272. The SMILES string of the molecule is CCC(C)NC(=O)C(Cc1ccccc1)N(Cc1ccccc1C)C(=O)CSCc1ccc(Br)cc1. The number of amides is 2. The Balaban J connectivity index is 1.86. The lowest BCUT2D eigenvalue weighted by molar-refractivity contribution is -0.139. The lowest BCUT2D eigenvalue weighted by Gasteiger charge is -2.32. The maximum absolute atomic E-state index is 13.7. The van der Waals surface area contributed by atoms with Gasteiger partial charge in [0.15, 0.2) is 0 Å². The molecule has 36 heavy (non-hydrogen) atoms. The summed E-state index contributed by atoms with van der Waals surface area (Å²) in [5.41, 5.74) is 4.36. The van der Waals surface area contributed by atoms with Crippen molar-refractivity contribution in [3.8, 4) is 0 Å². The number of nitrogens with zero attached hydrogens (tertiary/aromatic N) is 1. The van der Waals surface area contributed by atoms with Crippen LogP contribution in [-0.2, 0) is 28.3 Å². The Morgan fingerprint density at radius 2 is 1.61 bits per heavy atom. The van der Waals surface area contributed by atoms with Crippen molar-refractivity contribution in [1.82, 2.24) is 10.2 Å². The summed E-state index contributed by atoms with van der Waals surface area (Å²) in [6.07, 6.45) is 1.30. The zero-order chi connectivity index (χ0) is 25.9. The van der Waals surface area contributed by atoms with Gasteiger partial charge in [-0.1, -0.05) is 89.6 Å². The molecule has 3 rings (SSSR count). The van der Waals surface area contributed by atoms with Gasteiger partial charge in [-0.05, 0) is 54.7 Å². The fourth-order valence-corrected chi connectivity index (χ4v) is 5.02. The summed E-state index contributed by atoms with van der Waals surface area (Å²) in [5.74, 6) is 0.914. The number of hydrogen-bond acceptors (Lipinski definition) is 3.